The SMILES string of the molecule is Cc1cc(C(F)(F)F)cc(C(F)(F)F)c1B(c1c(C(F)(F)F)cc(C(F)(F)F)cc1C(F)(F)F)c1cc(-c2c(C(F)(F)F)cc(C(F)(F)F)cc2C(F)(F)F)c2ccc3c(B(c4c(C)cc(C(F)(F)F)cc4C(F)(F)F)c4c(C(F)(F)F)cc(C(F)(F)F)cc4C(F)(F)F)cc(-c4c(C(F)(F)F)cc(C(F)(F)F)cc4C(F)(F)F)c4ccc1c2c34. The van der Waals surface area contributed by atoms with Crippen molar-refractivity contribution in [2.75, 3.05) is 0 Å². The Balaban J connectivity index is 1.76. The Labute approximate surface area is 632 Å². The van der Waals surface area contributed by atoms with Gasteiger partial charge in [0.15, 0.2) is 0 Å². The van der Waals surface area contributed by atoms with Crippen molar-refractivity contribution < 1.29 is 211 Å². The molecule has 0 amide bonds. The van der Waals surface area contributed by atoms with Crippen LogP contribution in [-0.2, 0) is 98.8 Å². The van der Waals surface area contributed by atoms with E-state index in [1.807, 2.05) is 0 Å². The van der Waals surface area contributed by atoms with Crippen molar-refractivity contribution in [2.45, 2.75) is 113 Å². The highest BCUT2D eigenvalue weighted by Gasteiger charge is 2.57. The van der Waals surface area contributed by atoms with Gasteiger partial charge in [-0.15, -0.1) is 0 Å². The maximum absolute atomic E-state index is 16.1. The molecule has 0 bridgehead atoms. The third-order valence-corrected chi connectivity index (χ3v) is 18.7. The van der Waals surface area contributed by atoms with E-state index >= 15 is 132 Å². The average Bonchev–Trinajstić information content (AvgIpc) is 0.690. The summed E-state index contributed by atoms with van der Waals surface area (Å²) >= 11 is 0. The second-order valence-corrected chi connectivity index (χ2v) is 26.3. The van der Waals surface area contributed by atoms with Gasteiger partial charge in [-0.3, -0.25) is 0 Å². The summed E-state index contributed by atoms with van der Waals surface area (Å²) in [5.74, 6) is 0. The Morgan fingerprint density at radius 3 is 0.508 bits per heavy atom. The Hall–Kier alpha value is -9.99. The smallest absolute Gasteiger partial charge is 0.166 e. The van der Waals surface area contributed by atoms with Crippen molar-refractivity contribution in [3.63, 3.8) is 0 Å². The second-order valence-electron chi connectivity index (χ2n) is 26.3. The summed E-state index contributed by atoms with van der Waals surface area (Å²) in [4.78, 5) is 0. The van der Waals surface area contributed by atoms with Crippen LogP contribution in [0.4, 0.5) is 211 Å². The van der Waals surface area contributed by atoms with Crippen molar-refractivity contribution >= 4 is 78.5 Å². The van der Waals surface area contributed by atoms with E-state index in [0.29, 0.717) is 0 Å². The molecule has 0 spiro atoms. The van der Waals surface area contributed by atoms with Gasteiger partial charge in [0.2, 0.25) is 13.4 Å². The molecule has 0 atom stereocenters. The molecule has 0 fully saturated rings. The van der Waals surface area contributed by atoms with Crippen LogP contribution < -0.4 is 32.8 Å². The molecule has 0 saturated carbocycles. The summed E-state index contributed by atoms with van der Waals surface area (Å²) in [5.41, 5.74) is -90.5. The maximum atomic E-state index is 16.1. The summed E-state index contributed by atoms with van der Waals surface area (Å²) in [6.45, 7) is -10.2. The molecule has 10 rings (SSSR count). The van der Waals surface area contributed by atoms with Crippen LogP contribution >= 0.6 is 0 Å². The number of hydrogen-bond acceptors (Lipinski definition) is 0. The fourth-order valence-corrected chi connectivity index (χ4v) is 14.3. The lowest BCUT2D eigenvalue weighted by molar-refractivity contribution is -0.150. The molecule has 0 heterocycles. The van der Waals surface area contributed by atoms with Crippen molar-refractivity contribution in [3.8, 4) is 22.3 Å². The van der Waals surface area contributed by atoms with Crippen molar-refractivity contribution in [3.05, 3.63) is 209 Å². The lowest BCUT2D eigenvalue weighted by Gasteiger charge is -2.32. The van der Waals surface area contributed by atoms with Gasteiger partial charge >= 0.3 is 98.8 Å². The fraction of sp³-hybridized carbons (Fsp3) is 0.257. The van der Waals surface area contributed by atoms with E-state index in [-0.39, 0.29) is 13.8 Å². The lowest BCUT2D eigenvalue weighted by atomic mass is 9.33. The number of alkyl halides is 48. The van der Waals surface area contributed by atoms with Crippen molar-refractivity contribution in [1.82, 2.24) is 0 Å². The number of hydrogen-bond donors (Lipinski definition) is 0. The fourth-order valence-electron chi connectivity index (χ4n) is 14.3. The molecule has 0 N–H and O–H groups in total. The van der Waals surface area contributed by atoms with Gasteiger partial charge in [-0.25, -0.2) is 0 Å². The molecule has 120 heavy (non-hydrogen) atoms. The van der Waals surface area contributed by atoms with Crippen LogP contribution in [0.1, 0.15) is 100 Å². The number of rotatable bonds is 8. The van der Waals surface area contributed by atoms with Gasteiger partial charge in [0, 0.05) is 11.1 Å². The third kappa shape index (κ3) is 17.2. The van der Waals surface area contributed by atoms with Crippen LogP contribution in [0.2, 0.25) is 0 Å². The van der Waals surface area contributed by atoms with E-state index in [0.717, 1.165) is 0 Å². The van der Waals surface area contributed by atoms with Gasteiger partial charge in [-0.1, -0.05) is 69.4 Å². The summed E-state index contributed by atoms with van der Waals surface area (Å²) in [7, 11) is 0. The molecule has 0 aliphatic carbocycles. The second kappa shape index (κ2) is 28.3. The minimum atomic E-state index is -7.26. The van der Waals surface area contributed by atoms with Gasteiger partial charge in [-0.05, 0) is 141 Å². The Bertz CT molecular complexity index is 5230. The number of benzene rings is 10. The molecular formula is C70H24B2F48. The van der Waals surface area contributed by atoms with Gasteiger partial charge in [-0.2, -0.15) is 211 Å². The third-order valence-electron chi connectivity index (χ3n) is 18.7. The van der Waals surface area contributed by atoms with Crippen molar-refractivity contribution in [2.24, 2.45) is 0 Å². The van der Waals surface area contributed by atoms with Crippen LogP contribution in [0.3, 0.4) is 0 Å². The highest BCUT2D eigenvalue weighted by atomic mass is 19.5. The van der Waals surface area contributed by atoms with E-state index in [4.69, 9.17) is 0 Å². The molecule has 0 radical (unpaired) electrons. The Morgan fingerprint density at radius 1 is 0.175 bits per heavy atom. The Morgan fingerprint density at radius 2 is 0.333 bits per heavy atom. The molecule has 50 heteroatoms. The van der Waals surface area contributed by atoms with Crippen LogP contribution in [0.15, 0.2) is 109 Å². The van der Waals surface area contributed by atoms with Crippen molar-refractivity contribution in [1.29, 1.82) is 0 Å². The van der Waals surface area contributed by atoms with E-state index in [1.165, 1.54) is 0 Å². The highest BCUT2D eigenvalue weighted by molar-refractivity contribution is 6.99. The molecule has 646 valence electrons. The summed E-state index contributed by atoms with van der Waals surface area (Å²) in [5, 5.41) is -14.3. The number of halogens is 48. The van der Waals surface area contributed by atoms with E-state index in [2.05, 4.69) is 0 Å². The molecule has 0 unspecified atom stereocenters. The molecule has 0 aliphatic rings. The van der Waals surface area contributed by atoms with E-state index < -0.39 is 409 Å². The minimum absolute atomic E-state index is 0.267. The predicted molar refractivity (Wildman–Crippen MR) is 326 cm³/mol. The first-order valence-corrected chi connectivity index (χ1v) is 31.5. The van der Waals surface area contributed by atoms with Gasteiger partial charge in [0.25, 0.3) is 0 Å². The van der Waals surface area contributed by atoms with E-state index in [1.54, 1.807) is 0 Å². The van der Waals surface area contributed by atoms with Crippen LogP contribution in [0, 0.1) is 13.8 Å². The Kier molecular flexibility index (Phi) is 21.8. The monoisotopic (exact) mass is 1800 g/mol. The zero-order valence-corrected chi connectivity index (χ0v) is 56.7. The maximum Gasteiger partial charge on any atom is 0.417 e. The van der Waals surface area contributed by atoms with Gasteiger partial charge in [0.05, 0.1) is 89.0 Å². The highest BCUT2D eigenvalue weighted by Crippen LogP contribution is 2.56. The topological polar surface area (TPSA) is 0 Å². The molecular weight excluding hydrogens is 1770 g/mol. The summed E-state index contributed by atoms with van der Waals surface area (Å²) < 4.78 is 750. The lowest BCUT2D eigenvalue weighted by Crippen LogP contribution is -2.59. The van der Waals surface area contributed by atoms with Crippen LogP contribution in [0.25, 0.3) is 54.6 Å². The van der Waals surface area contributed by atoms with Crippen LogP contribution in [-0.4, -0.2) is 13.4 Å². The van der Waals surface area contributed by atoms with Gasteiger partial charge in [0.1, 0.15) is 0 Å². The number of aryl methyl sites for hydroxylation is 2. The first-order valence-electron chi connectivity index (χ1n) is 31.5. The molecule has 10 aromatic carbocycles. The summed E-state index contributed by atoms with van der Waals surface area (Å²) in [6.07, 6.45) is -111. The minimum Gasteiger partial charge on any atom is -0.166 e. The largest absolute Gasteiger partial charge is 0.417 e. The molecule has 10 aromatic rings. The van der Waals surface area contributed by atoms with E-state index in [9.17, 15) is 79.0 Å². The zero-order chi connectivity index (χ0) is 91.5. The van der Waals surface area contributed by atoms with Crippen LogP contribution in [0.5, 0.6) is 0 Å². The normalized spacial score (nSPS) is 14.2. The molecule has 0 nitrogen and oxygen atoms in total. The summed E-state index contributed by atoms with van der Waals surface area (Å²) in [6, 6.07) is -20.3. The average molecular weight is 1800 g/mol. The first-order chi connectivity index (χ1) is 53.5. The molecule has 0 aliphatic heterocycles. The standard InChI is InChI=1S/C70H24B2F48/c1-21-7-23(55(73,74)75)13-39(65(103,104)105)51(21)71(53-41(67(109,110)111)15-27(59(85,86)87)16-42(53)68(112,113)114)45-19-33(49-35(61(91,92)93)9-25(57(79,80)81)10-36(49)62(94,95)96)29-4-6-32-46(20-34(30-3-5-31(45)47(29)48(30)32)50-37(63(97,98)99)11-26(58(82,83)84)12-38(50)64(100,101)102)72(52-22(2)8-24(56(76,77)78)14-40(52)66(106,107)108)54-43(69(115,116)117)17-28(60(88,89)90)18-44(54)70(118,119)120/h3-20H,1-2H3. The zero-order valence-electron chi connectivity index (χ0n) is 56.7. The molecule has 0 saturated heterocycles. The van der Waals surface area contributed by atoms with Gasteiger partial charge < -0.3 is 0 Å². The molecule has 0 aromatic heterocycles. The predicted octanol–water partition coefficient (Wildman–Crippen LogP) is 25.9. The first kappa shape index (κ1) is 92.3. The quantitative estimate of drug-likeness (QED) is 0.0808.